The zero-order chi connectivity index (χ0) is 38.2. The molecule has 12 nitrogen and oxygen atoms in total. The minimum absolute atomic E-state index is 0.140. The molecule has 0 saturated carbocycles. The van der Waals surface area contributed by atoms with E-state index >= 15 is 0 Å². The third-order valence-corrected chi connectivity index (χ3v) is 9.29. The van der Waals surface area contributed by atoms with Crippen LogP contribution in [0.3, 0.4) is 0 Å². The fraction of sp³-hybridized carbons (Fsp3) is 0.263. The summed E-state index contributed by atoms with van der Waals surface area (Å²) in [6, 6.07) is 17.8. The molecule has 1 aliphatic heterocycles. The standard InChI is InChI=1S/C36H33N7O3.C2HF3O2/c1-5-31(44)42-16-15-41(20-23(42)12-14-37)35-33-30(43(36(45)39-35)29-9-7-6-8-24(29)21(2)3)18-26(25-13-17-46-34(25)33)32-22(4)10-11-28-27(32)19-38-40-28;3-2(4,5)1(6)7/h5-11,13,17-19,21,23H,1,12,15-16,20H2,2-4H3,(H,38,40);(H,6,7)/t23-;/m0./s1. The number of anilines is 1. The zero-order valence-corrected chi connectivity index (χ0v) is 28.9. The van der Waals surface area contributed by atoms with Gasteiger partial charge in [-0.3, -0.25) is 14.5 Å². The minimum Gasteiger partial charge on any atom is -0.475 e. The molecule has 3 aromatic carbocycles. The van der Waals surface area contributed by atoms with Gasteiger partial charge in [0.1, 0.15) is 11.4 Å². The Bertz CT molecular complexity index is 2490. The van der Waals surface area contributed by atoms with Crippen LogP contribution in [-0.2, 0) is 9.59 Å². The third kappa shape index (κ3) is 6.71. The highest BCUT2D eigenvalue weighted by Gasteiger charge is 2.38. The summed E-state index contributed by atoms with van der Waals surface area (Å²) in [5.41, 5.74) is 6.48. The Morgan fingerprint density at radius 1 is 1.17 bits per heavy atom. The van der Waals surface area contributed by atoms with Crippen molar-refractivity contribution in [1.82, 2.24) is 24.6 Å². The van der Waals surface area contributed by atoms with Gasteiger partial charge >= 0.3 is 17.8 Å². The zero-order valence-electron chi connectivity index (χ0n) is 28.9. The van der Waals surface area contributed by atoms with E-state index in [0.717, 1.165) is 44.2 Å². The van der Waals surface area contributed by atoms with Crippen molar-refractivity contribution in [3.63, 3.8) is 0 Å². The molecule has 1 saturated heterocycles. The number of hydrogen-bond donors (Lipinski definition) is 2. The summed E-state index contributed by atoms with van der Waals surface area (Å²) in [6.45, 7) is 11.0. The molecule has 1 amide bonds. The summed E-state index contributed by atoms with van der Waals surface area (Å²) in [4.78, 5) is 44.3. The van der Waals surface area contributed by atoms with Crippen LogP contribution in [0.2, 0.25) is 0 Å². The monoisotopic (exact) mass is 725 g/mol. The van der Waals surface area contributed by atoms with Crippen LogP contribution in [0.25, 0.3) is 49.6 Å². The molecule has 2 N–H and O–H groups in total. The number of aromatic amines is 1. The number of piperazine rings is 1. The van der Waals surface area contributed by atoms with Crippen molar-refractivity contribution >= 4 is 50.5 Å². The van der Waals surface area contributed by atoms with E-state index in [1.807, 2.05) is 47.5 Å². The summed E-state index contributed by atoms with van der Waals surface area (Å²) >= 11 is 0. The quantitative estimate of drug-likeness (QED) is 0.175. The van der Waals surface area contributed by atoms with Crippen LogP contribution >= 0.6 is 0 Å². The van der Waals surface area contributed by atoms with Gasteiger partial charge in [0.25, 0.3) is 0 Å². The first-order chi connectivity index (χ1) is 25.3. The molecule has 1 fully saturated rings. The van der Waals surface area contributed by atoms with Gasteiger partial charge in [-0.15, -0.1) is 0 Å². The third-order valence-electron chi connectivity index (χ3n) is 9.29. The Balaban J connectivity index is 0.000000626. The van der Waals surface area contributed by atoms with Crippen molar-refractivity contribution < 1.29 is 32.3 Å². The summed E-state index contributed by atoms with van der Waals surface area (Å²) in [5.74, 6) is -2.36. The maximum Gasteiger partial charge on any atom is 0.490 e. The maximum atomic E-state index is 14.3. The van der Waals surface area contributed by atoms with E-state index < -0.39 is 23.9 Å². The number of alkyl halides is 3. The van der Waals surface area contributed by atoms with Crippen molar-refractivity contribution in [3.8, 4) is 22.9 Å². The molecule has 7 rings (SSSR count). The summed E-state index contributed by atoms with van der Waals surface area (Å²) in [6.07, 6.45) is -0.177. The summed E-state index contributed by atoms with van der Waals surface area (Å²) < 4.78 is 39.7. The lowest BCUT2D eigenvalue weighted by Crippen LogP contribution is -2.55. The molecule has 1 aliphatic rings. The number of furan rings is 1. The number of rotatable bonds is 6. The van der Waals surface area contributed by atoms with Crippen LogP contribution in [0, 0.1) is 18.3 Å². The van der Waals surface area contributed by atoms with Crippen LogP contribution in [-0.4, -0.2) is 73.5 Å². The Morgan fingerprint density at radius 2 is 1.91 bits per heavy atom. The van der Waals surface area contributed by atoms with Crippen molar-refractivity contribution in [1.29, 1.82) is 5.26 Å². The van der Waals surface area contributed by atoms with E-state index in [-0.39, 0.29) is 18.2 Å². The highest BCUT2D eigenvalue weighted by molar-refractivity contribution is 6.17. The SMILES string of the molecule is C=CC(=O)N1CCN(c2nc(=O)n(-c3ccccc3C(C)C)c3cc(-c4c(C)ccc5[nH]ncc45)c4ccoc4c23)C[C@@H]1CC#N.O=C(O)C(F)(F)F. The van der Waals surface area contributed by atoms with E-state index in [9.17, 15) is 28.0 Å². The van der Waals surface area contributed by atoms with Crippen LogP contribution < -0.4 is 10.6 Å². The van der Waals surface area contributed by atoms with E-state index in [1.54, 1.807) is 15.7 Å². The van der Waals surface area contributed by atoms with Gasteiger partial charge in [0, 0.05) is 30.4 Å². The molecule has 6 aromatic rings. The number of hydrogen-bond acceptors (Lipinski definition) is 8. The highest BCUT2D eigenvalue weighted by atomic mass is 19.4. The van der Waals surface area contributed by atoms with E-state index in [4.69, 9.17) is 19.3 Å². The number of nitrogens with one attached hydrogen (secondary N) is 1. The number of benzene rings is 3. The molecule has 0 spiro atoms. The Hall–Kier alpha value is -6.43. The Labute approximate surface area is 300 Å². The smallest absolute Gasteiger partial charge is 0.475 e. The maximum absolute atomic E-state index is 14.3. The van der Waals surface area contributed by atoms with Gasteiger partial charge in [0.15, 0.2) is 0 Å². The number of halogens is 3. The number of aromatic nitrogens is 4. The van der Waals surface area contributed by atoms with Gasteiger partial charge in [-0.25, -0.2) is 9.59 Å². The lowest BCUT2D eigenvalue weighted by Gasteiger charge is -2.41. The largest absolute Gasteiger partial charge is 0.490 e. The van der Waals surface area contributed by atoms with E-state index in [2.05, 4.69) is 55.7 Å². The first kappa shape index (κ1) is 36.4. The van der Waals surface area contributed by atoms with Gasteiger partial charge in [-0.05, 0) is 65.4 Å². The summed E-state index contributed by atoms with van der Waals surface area (Å²) in [7, 11) is 0. The van der Waals surface area contributed by atoms with E-state index in [0.29, 0.717) is 41.9 Å². The van der Waals surface area contributed by atoms with Crippen molar-refractivity contribution in [3.05, 3.63) is 95.3 Å². The number of aliphatic carboxylic acids is 1. The lowest BCUT2D eigenvalue weighted by atomic mass is 9.93. The van der Waals surface area contributed by atoms with Crippen molar-refractivity contribution in [2.75, 3.05) is 24.5 Å². The second-order valence-corrected chi connectivity index (χ2v) is 12.8. The number of nitriles is 1. The predicted octanol–water partition coefficient (Wildman–Crippen LogP) is 6.86. The topological polar surface area (TPSA) is 161 Å². The highest BCUT2D eigenvalue weighted by Crippen LogP contribution is 2.43. The molecule has 4 heterocycles. The number of carbonyl (C=O) groups excluding carboxylic acids is 1. The molecule has 1 atom stereocenters. The van der Waals surface area contributed by atoms with Crippen LogP contribution in [0.4, 0.5) is 19.0 Å². The average molecular weight is 726 g/mol. The number of nitrogens with zero attached hydrogens (tertiary/aromatic N) is 6. The second kappa shape index (κ2) is 14.3. The van der Waals surface area contributed by atoms with Crippen LogP contribution in [0.1, 0.15) is 37.3 Å². The first-order valence-electron chi connectivity index (χ1n) is 16.6. The summed E-state index contributed by atoms with van der Waals surface area (Å²) in [5, 5.41) is 26.7. The molecule has 0 radical (unpaired) electrons. The fourth-order valence-electron chi connectivity index (χ4n) is 6.88. The van der Waals surface area contributed by atoms with Gasteiger partial charge in [0.05, 0.1) is 53.1 Å². The molecule has 0 aliphatic carbocycles. The first-order valence-corrected chi connectivity index (χ1v) is 16.6. The van der Waals surface area contributed by atoms with E-state index in [1.165, 1.54) is 6.08 Å². The number of carbonyl (C=O) groups is 2. The van der Waals surface area contributed by atoms with Gasteiger partial charge in [0.2, 0.25) is 5.91 Å². The molecule has 3 aromatic heterocycles. The van der Waals surface area contributed by atoms with Crippen molar-refractivity contribution in [2.24, 2.45) is 0 Å². The number of carboxylic acids is 1. The predicted molar refractivity (Wildman–Crippen MR) is 193 cm³/mol. The second-order valence-electron chi connectivity index (χ2n) is 12.8. The van der Waals surface area contributed by atoms with Gasteiger partial charge in [-0.2, -0.15) is 28.5 Å². The number of aryl methyl sites for hydroxylation is 1. The molecular formula is C38H34F3N7O5. The number of fused-ring (bicyclic) bond motifs is 4. The fourth-order valence-corrected chi connectivity index (χ4v) is 6.88. The molecule has 272 valence electrons. The minimum atomic E-state index is -5.08. The molecule has 0 bridgehead atoms. The Morgan fingerprint density at radius 3 is 2.58 bits per heavy atom. The molecule has 0 unspecified atom stereocenters. The number of carboxylic acid groups (broad SMARTS) is 1. The van der Waals surface area contributed by atoms with Crippen LogP contribution in [0.5, 0.6) is 0 Å². The average Bonchev–Trinajstić information content (AvgIpc) is 3.81. The Kier molecular flexibility index (Phi) is 9.81. The van der Waals surface area contributed by atoms with Crippen LogP contribution in [0.15, 0.2) is 82.9 Å². The van der Waals surface area contributed by atoms with Crippen molar-refractivity contribution in [2.45, 2.75) is 45.3 Å². The normalized spacial score (nSPS) is 14.7. The molecular weight excluding hydrogens is 691 g/mol. The van der Waals surface area contributed by atoms with Gasteiger partial charge < -0.3 is 19.3 Å². The number of para-hydroxylation sites is 1. The number of amides is 1. The molecule has 53 heavy (non-hydrogen) atoms. The number of H-pyrrole nitrogens is 1. The molecule has 15 heteroatoms. The lowest BCUT2D eigenvalue weighted by molar-refractivity contribution is -0.192. The van der Waals surface area contributed by atoms with Gasteiger partial charge in [-0.1, -0.05) is 44.7 Å².